The largest absolute Gasteiger partial charge is 0.504 e. The van der Waals surface area contributed by atoms with E-state index in [1.54, 1.807) is 56.3 Å². The summed E-state index contributed by atoms with van der Waals surface area (Å²) in [6, 6.07) is 16.3. The first-order chi connectivity index (χ1) is 21.7. The quantitative estimate of drug-likeness (QED) is 0.234. The first kappa shape index (κ1) is 31.4. The number of phenols is 1. The molecule has 0 aliphatic carbocycles. The number of allylic oxidation sites excluding steroid dienone is 1. The van der Waals surface area contributed by atoms with Crippen LogP contribution < -0.4 is 34.4 Å². The highest BCUT2D eigenvalue weighted by Crippen LogP contribution is 2.38. The predicted molar refractivity (Wildman–Crippen MR) is 175 cm³/mol. The maximum absolute atomic E-state index is 14.2. The Bertz CT molecular complexity index is 2010. The fraction of sp³-hybridized carbons (Fsp3) is 0.206. The van der Waals surface area contributed by atoms with Crippen LogP contribution in [0.4, 0.5) is 5.69 Å². The second-order valence-electron chi connectivity index (χ2n) is 9.82. The molecule has 1 aliphatic heterocycles. The van der Waals surface area contributed by atoms with Crippen molar-refractivity contribution in [2.75, 3.05) is 25.1 Å². The Hall–Kier alpha value is -4.98. The Morgan fingerprint density at radius 1 is 1.11 bits per heavy atom. The molecule has 0 fully saturated rings. The zero-order valence-electron chi connectivity index (χ0n) is 24.8. The molecule has 4 aromatic rings. The molecule has 11 heteroatoms. The first-order valence-corrected chi connectivity index (χ1v) is 15.3. The van der Waals surface area contributed by atoms with Crippen molar-refractivity contribution in [2.45, 2.75) is 26.8 Å². The average molecular weight is 644 g/mol. The van der Waals surface area contributed by atoms with Gasteiger partial charge in [0.15, 0.2) is 27.8 Å². The van der Waals surface area contributed by atoms with E-state index in [-0.39, 0.29) is 34.3 Å². The minimum atomic E-state index is -0.867. The van der Waals surface area contributed by atoms with Gasteiger partial charge in [0.25, 0.3) is 11.5 Å². The molecule has 0 bridgehead atoms. The molecule has 2 heterocycles. The normalized spacial score (nSPS) is 14.3. The Labute approximate surface area is 268 Å². The molecule has 0 radical (unpaired) electrons. The molecular formula is C34H30ClN3O6S. The molecule has 3 aromatic carbocycles. The first-order valence-electron chi connectivity index (χ1n) is 14.1. The van der Waals surface area contributed by atoms with Crippen LogP contribution in [0.1, 0.15) is 37.9 Å². The minimum Gasteiger partial charge on any atom is -0.504 e. The lowest BCUT2D eigenvalue weighted by Gasteiger charge is -2.26. The summed E-state index contributed by atoms with van der Waals surface area (Å²) >= 11 is 7.71. The number of fused-ring (bicyclic) bond motifs is 1. The van der Waals surface area contributed by atoms with E-state index in [4.69, 9.17) is 32.2 Å². The summed E-state index contributed by atoms with van der Waals surface area (Å²) in [5.41, 5.74) is 2.12. The summed E-state index contributed by atoms with van der Waals surface area (Å²) in [7, 11) is 0. The van der Waals surface area contributed by atoms with Crippen molar-refractivity contribution in [3.05, 3.63) is 108 Å². The number of para-hydroxylation sites is 1. The third-order valence-corrected chi connectivity index (χ3v) is 8.09. The molecule has 0 unspecified atom stereocenters. The van der Waals surface area contributed by atoms with Crippen LogP contribution in [0.5, 0.6) is 23.0 Å². The summed E-state index contributed by atoms with van der Waals surface area (Å²) in [6.07, 6.45) is 7.04. The third-order valence-electron chi connectivity index (χ3n) is 6.83. The molecule has 1 atom stereocenters. The molecule has 0 spiro atoms. The van der Waals surface area contributed by atoms with Crippen LogP contribution in [0, 0.1) is 12.3 Å². The zero-order valence-corrected chi connectivity index (χ0v) is 26.4. The number of carbonyl (C=O) groups excluding carboxylic acids is 1. The number of hydrogen-bond acceptors (Lipinski definition) is 8. The van der Waals surface area contributed by atoms with E-state index >= 15 is 0 Å². The monoisotopic (exact) mass is 643 g/mol. The maximum atomic E-state index is 14.2. The zero-order chi connectivity index (χ0) is 32.1. The van der Waals surface area contributed by atoms with Gasteiger partial charge < -0.3 is 24.6 Å². The highest BCUT2D eigenvalue weighted by atomic mass is 35.5. The van der Waals surface area contributed by atoms with Crippen molar-refractivity contribution in [3.8, 4) is 35.3 Å². The lowest BCUT2D eigenvalue weighted by molar-refractivity contribution is -0.113. The van der Waals surface area contributed by atoms with Crippen molar-refractivity contribution in [2.24, 2.45) is 4.99 Å². The number of nitrogens with zero attached hydrogens (tertiary/aromatic N) is 2. The lowest BCUT2D eigenvalue weighted by Crippen LogP contribution is -2.40. The number of benzene rings is 3. The van der Waals surface area contributed by atoms with E-state index in [0.717, 1.165) is 0 Å². The van der Waals surface area contributed by atoms with Crippen LogP contribution >= 0.6 is 22.9 Å². The number of terminal acetylenes is 1. The Morgan fingerprint density at radius 2 is 1.84 bits per heavy atom. The minimum absolute atomic E-state index is 0.0134. The molecular weight excluding hydrogens is 614 g/mol. The number of nitrogens with one attached hydrogen (secondary N) is 1. The van der Waals surface area contributed by atoms with Crippen LogP contribution in [0.2, 0.25) is 5.02 Å². The standard InChI is InChI=1S/C34H30ClN3O6S/c1-5-15-44-31-24(35)16-21(17-27(31)43-7-3)18-28-33(41)38-30(22-13-14-25(39)26(19-22)42-6-2)29(20(4)36-34(38)45-28)32(40)37-23-11-9-8-10-12-23/h1,8-14,16-19,30,39H,6-7,15H2,2-4H3,(H,37,40)/b28-18-/t30-/m1/s1. The van der Waals surface area contributed by atoms with Crippen LogP contribution in [0.15, 0.2) is 81.7 Å². The van der Waals surface area contributed by atoms with E-state index in [1.807, 2.05) is 25.1 Å². The molecule has 1 aliphatic rings. The van der Waals surface area contributed by atoms with Crippen molar-refractivity contribution < 1.29 is 24.1 Å². The smallest absolute Gasteiger partial charge is 0.271 e. The van der Waals surface area contributed by atoms with Gasteiger partial charge in [0.05, 0.1) is 40.1 Å². The fourth-order valence-corrected chi connectivity index (χ4v) is 6.28. The number of ether oxygens (including phenoxy) is 3. The topological polar surface area (TPSA) is 111 Å². The number of hydrogen-bond donors (Lipinski definition) is 2. The molecule has 0 saturated heterocycles. The number of phenolic OH excluding ortho intramolecular Hbond substituents is 1. The number of aromatic nitrogens is 1. The molecule has 1 amide bonds. The Balaban J connectivity index is 1.67. The molecule has 230 valence electrons. The van der Waals surface area contributed by atoms with Crippen LogP contribution in [-0.2, 0) is 4.79 Å². The van der Waals surface area contributed by atoms with Crippen molar-refractivity contribution >= 4 is 40.6 Å². The third kappa shape index (κ3) is 6.60. The van der Waals surface area contributed by atoms with Gasteiger partial charge in [-0.2, -0.15) is 0 Å². The molecule has 0 saturated carbocycles. The fourth-order valence-electron chi connectivity index (χ4n) is 4.96. The number of anilines is 1. The summed E-state index contributed by atoms with van der Waals surface area (Å²) in [6.45, 7) is 6.05. The highest BCUT2D eigenvalue weighted by molar-refractivity contribution is 7.07. The van der Waals surface area contributed by atoms with Gasteiger partial charge in [-0.05, 0) is 74.4 Å². The van der Waals surface area contributed by atoms with Gasteiger partial charge in [-0.1, -0.05) is 53.1 Å². The van der Waals surface area contributed by atoms with Crippen LogP contribution in [0.3, 0.4) is 0 Å². The molecule has 45 heavy (non-hydrogen) atoms. The number of halogens is 1. The van der Waals surface area contributed by atoms with Gasteiger partial charge in [-0.25, -0.2) is 4.99 Å². The SMILES string of the molecule is C#CCOc1c(Cl)cc(/C=c2\sc3n(c2=O)[C@H](c2ccc(O)c(OCC)c2)C(C(=O)Nc2ccccc2)=C(C)N=3)cc1OCC. The number of amides is 1. The number of thiazole rings is 1. The number of rotatable bonds is 10. The summed E-state index contributed by atoms with van der Waals surface area (Å²) in [5, 5.41) is 13.6. The summed E-state index contributed by atoms with van der Waals surface area (Å²) in [4.78, 5) is 33.1. The second kappa shape index (κ2) is 13.8. The van der Waals surface area contributed by atoms with Gasteiger partial charge in [-0.3, -0.25) is 14.2 Å². The summed E-state index contributed by atoms with van der Waals surface area (Å²) < 4.78 is 18.8. The molecule has 9 nitrogen and oxygen atoms in total. The lowest BCUT2D eigenvalue weighted by atomic mass is 9.94. The van der Waals surface area contributed by atoms with E-state index in [9.17, 15) is 14.7 Å². The summed E-state index contributed by atoms with van der Waals surface area (Å²) in [5.74, 6) is 2.88. The van der Waals surface area contributed by atoms with Gasteiger partial charge in [-0.15, -0.1) is 6.42 Å². The average Bonchev–Trinajstić information content (AvgIpc) is 3.31. The predicted octanol–water partition coefficient (Wildman–Crippen LogP) is 5.04. The van der Waals surface area contributed by atoms with E-state index < -0.39 is 11.9 Å². The van der Waals surface area contributed by atoms with E-state index in [2.05, 4.69) is 16.2 Å². The maximum Gasteiger partial charge on any atom is 0.271 e. The number of aromatic hydroxyl groups is 1. The highest BCUT2D eigenvalue weighted by Gasteiger charge is 2.33. The van der Waals surface area contributed by atoms with Crippen LogP contribution in [0.25, 0.3) is 6.08 Å². The van der Waals surface area contributed by atoms with E-state index in [0.29, 0.717) is 56.6 Å². The second-order valence-corrected chi connectivity index (χ2v) is 11.2. The van der Waals surface area contributed by atoms with Crippen molar-refractivity contribution in [1.82, 2.24) is 4.57 Å². The Kier molecular flexibility index (Phi) is 9.62. The molecule has 1 aromatic heterocycles. The van der Waals surface area contributed by atoms with Gasteiger partial charge >= 0.3 is 0 Å². The number of carbonyl (C=O) groups is 1. The van der Waals surface area contributed by atoms with Crippen LogP contribution in [-0.4, -0.2) is 35.4 Å². The molecule has 5 rings (SSSR count). The van der Waals surface area contributed by atoms with Crippen molar-refractivity contribution in [3.63, 3.8) is 0 Å². The van der Waals surface area contributed by atoms with Crippen molar-refractivity contribution in [1.29, 1.82) is 0 Å². The molecule has 2 N–H and O–H groups in total. The Morgan fingerprint density at radius 3 is 2.56 bits per heavy atom. The van der Waals surface area contributed by atoms with Gasteiger partial charge in [0.1, 0.15) is 6.61 Å². The van der Waals surface area contributed by atoms with Gasteiger partial charge in [0.2, 0.25) is 0 Å². The van der Waals surface area contributed by atoms with E-state index in [1.165, 1.54) is 22.0 Å². The van der Waals surface area contributed by atoms with Gasteiger partial charge in [0, 0.05) is 5.69 Å².